The van der Waals surface area contributed by atoms with E-state index in [0.29, 0.717) is 17.1 Å². The fourth-order valence-electron chi connectivity index (χ4n) is 20.9. The number of pyridine rings is 10. The molecule has 15 nitrogen and oxygen atoms in total. The number of hydrogen-bond donors (Lipinski definition) is 0. The molecule has 27 rings (SSSR count). The van der Waals surface area contributed by atoms with Gasteiger partial charge in [0.15, 0.2) is 86.8 Å². The maximum absolute atomic E-state index is 8.56. The van der Waals surface area contributed by atoms with Crippen molar-refractivity contribution in [3.8, 4) is 56.3 Å². The van der Waals surface area contributed by atoms with Gasteiger partial charge in [-0.2, -0.15) is 0 Å². The van der Waals surface area contributed by atoms with Crippen LogP contribution in [-0.2, 0) is 35.2 Å². The van der Waals surface area contributed by atoms with E-state index in [-0.39, 0.29) is 0 Å². The monoisotopic (exact) mass is 1840 g/mol. The summed E-state index contributed by atoms with van der Waals surface area (Å²) < 4.78 is 75.3. The zero-order valence-corrected chi connectivity index (χ0v) is 81.3. The highest BCUT2D eigenvalue weighted by Crippen LogP contribution is 2.47. The number of fused-ring (bicyclic) bond motifs is 27. The summed E-state index contributed by atoms with van der Waals surface area (Å²) >= 11 is 0. The summed E-state index contributed by atoms with van der Waals surface area (Å²) in [6.07, 6.45) is 16.0. The number of hydrogen-bond acceptors (Lipinski definition) is 10. The van der Waals surface area contributed by atoms with Gasteiger partial charge in [0.05, 0.1) is 38.6 Å². The van der Waals surface area contributed by atoms with Crippen LogP contribution in [0.1, 0.15) is 95.3 Å². The Morgan fingerprint density at radius 3 is 0.965 bits per heavy atom. The van der Waals surface area contributed by atoms with E-state index in [2.05, 4.69) is 313 Å². The van der Waals surface area contributed by atoms with Gasteiger partial charge >= 0.3 is 0 Å². The van der Waals surface area contributed by atoms with Gasteiger partial charge in [0.1, 0.15) is 62.8 Å². The predicted octanol–water partition coefficient (Wildman–Crippen LogP) is 29.8. The lowest BCUT2D eigenvalue weighted by molar-refractivity contribution is -0.660. The Hall–Kier alpha value is -17.0. The van der Waals surface area contributed by atoms with Crippen LogP contribution in [0.15, 0.2) is 357 Å². The van der Waals surface area contributed by atoms with E-state index in [4.69, 9.17) is 47.5 Å². The minimum absolute atomic E-state index is 0.433. The smallest absolute Gasteiger partial charge is 0.224 e. The molecular weight excluding hydrogens is 1730 g/mol. The second-order valence-corrected chi connectivity index (χ2v) is 37.7. The third-order valence-electron chi connectivity index (χ3n) is 28.3. The summed E-state index contributed by atoms with van der Waals surface area (Å²) in [5, 5.41) is 21.0. The van der Waals surface area contributed by atoms with Crippen LogP contribution in [0.25, 0.3) is 242 Å². The molecule has 0 spiro atoms. The minimum atomic E-state index is -2.45. The van der Waals surface area contributed by atoms with E-state index >= 15 is 0 Å². The Balaban J connectivity index is 0.000000101. The van der Waals surface area contributed by atoms with Gasteiger partial charge in [-0.25, -0.2) is 32.8 Å². The number of benzene rings is 12. The molecule has 0 aliphatic heterocycles. The fourth-order valence-corrected chi connectivity index (χ4v) is 20.9. The van der Waals surface area contributed by atoms with Gasteiger partial charge in [-0.15, -0.1) is 0 Å². The highest BCUT2D eigenvalue weighted by molar-refractivity contribution is 6.21. The number of aromatic nitrogens is 10. The summed E-state index contributed by atoms with van der Waals surface area (Å²) in [6.45, 7) is 18.1. The number of nitrogens with zero attached hydrogens (tertiary/aromatic N) is 10. The Kier molecular flexibility index (Phi) is 20.8. The third-order valence-corrected chi connectivity index (χ3v) is 28.3. The van der Waals surface area contributed by atoms with Crippen LogP contribution in [0.5, 0.6) is 0 Å². The van der Waals surface area contributed by atoms with Crippen LogP contribution in [-0.4, -0.2) is 24.9 Å². The van der Waals surface area contributed by atoms with Crippen LogP contribution >= 0.6 is 0 Å². The largest absolute Gasteiger partial charge is 0.453 e. The molecule has 12 aromatic carbocycles. The van der Waals surface area contributed by atoms with E-state index in [0.717, 1.165) is 226 Å². The van der Waals surface area contributed by atoms with Crippen molar-refractivity contribution in [3.05, 3.63) is 385 Å². The van der Waals surface area contributed by atoms with E-state index in [1.165, 1.54) is 62.0 Å². The molecule has 15 heteroatoms. The highest BCUT2D eigenvalue weighted by Gasteiger charge is 2.31. The zero-order chi connectivity index (χ0) is 100. The van der Waals surface area contributed by atoms with Gasteiger partial charge in [-0.05, 0) is 165 Å². The molecule has 27 aromatic rings. The van der Waals surface area contributed by atoms with Crippen molar-refractivity contribution in [2.75, 3.05) is 0 Å². The van der Waals surface area contributed by atoms with Gasteiger partial charge in [0, 0.05) is 165 Å². The first-order chi connectivity index (χ1) is 70.1. The number of furan rings is 5. The fraction of sp³-hybridized carbons (Fsp3) is 0.143. The van der Waals surface area contributed by atoms with Crippen molar-refractivity contribution >= 4 is 186 Å². The zero-order valence-electron chi connectivity index (χ0n) is 85.3. The first-order valence-corrected chi connectivity index (χ1v) is 47.9. The molecule has 0 aliphatic carbocycles. The summed E-state index contributed by atoms with van der Waals surface area (Å²) in [4.78, 5) is 23.9. The third kappa shape index (κ3) is 14.9. The molecule has 1 unspecified atom stereocenters. The molecule has 0 fully saturated rings. The van der Waals surface area contributed by atoms with Crippen LogP contribution < -0.4 is 22.8 Å². The molecule has 0 radical (unpaired) electrons. The standard InChI is InChI=1S/C29H25N2O.C26H19N2O.C26H25N2O.C23H19N2O.C22H17N2O/c1-17(2)19-10-12-22-20(15-19)13-14-31(4)27(22)25-18(3)9-11-24-26-29(32-28(24)25)23-8-6-5-7-21(23)16-30-26;1-16-11-12-21-23-26(20-10-6-4-8-18(20)15-27-23)29-25(21)22(16)24-19-9-5-3-7-17(19)13-14-28(24)2;1-15(2)18-12-13-28(5)22(14-18)23-16(3)10-11-21-24-26(29-25(21)23)20-9-7-6-8-19(20)17(4)27-24;1-14-11-12-18-21-23(17-9-5-4-8-16(17)15(2)24-21)26-22(18)20(14)19-10-6-7-13-25(19)3;1-14-10-11-17-20-22(16-8-4-3-7-15(16)13-23-20)25-21(17)19(14)18-9-5-6-12-24(18)2/h5-17H,1-4H3;3-15H,1-2H3;6-15H,1-5H3;4-13H,1-3H3;3-13H,1-2H3/q5*+1/i;;1D3,15D;;. The highest BCUT2D eigenvalue weighted by atomic mass is 16.3. The van der Waals surface area contributed by atoms with Gasteiger partial charge < -0.3 is 22.1 Å². The van der Waals surface area contributed by atoms with Crippen molar-refractivity contribution in [2.24, 2.45) is 35.2 Å². The summed E-state index contributed by atoms with van der Waals surface area (Å²) in [5.41, 5.74) is 33.3. The van der Waals surface area contributed by atoms with Gasteiger partial charge in [0.2, 0.25) is 28.5 Å². The first kappa shape index (κ1) is 83.3. The number of aryl methyl sites for hydroxylation is 12. The van der Waals surface area contributed by atoms with Crippen molar-refractivity contribution in [2.45, 2.75) is 87.9 Å². The molecule has 0 saturated carbocycles. The SMILES string of the molecule is Cc1ccc2c(oc3c4ccccc4c(C)nc23)c1-c1cccc[n+]1C.Cc1ccc2c(oc3c4ccccc4cnc23)c1-c1c2ccc(C(C)C)cc2cc[n+]1C.Cc1ccc2c(oc3c4ccccc4cnc23)c1-c1c2ccccc2cc[n+]1C.Cc1ccc2c(oc3c4ccccc4cnc23)c1-c1cccc[n+]1C.[2H]C([2H])([2H])C([2H])(C)c1cc[n+](C)c(-c2c(C)ccc3c2oc2c4ccccc4c(C)nc32)c1. The van der Waals surface area contributed by atoms with E-state index in [9.17, 15) is 0 Å². The average molecular weight is 1840 g/mol. The van der Waals surface area contributed by atoms with E-state index in [1.807, 2.05) is 135 Å². The lowest BCUT2D eigenvalue weighted by Gasteiger charge is -2.11. The molecule has 15 aromatic heterocycles. The molecular formula is C126H105N10O5+5. The minimum Gasteiger partial charge on any atom is -0.453 e. The molecule has 141 heavy (non-hydrogen) atoms. The van der Waals surface area contributed by atoms with Gasteiger partial charge in [-0.1, -0.05) is 210 Å². The second-order valence-electron chi connectivity index (χ2n) is 37.7. The van der Waals surface area contributed by atoms with Gasteiger partial charge in [0.25, 0.3) is 0 Å². The number of rotatable bonds is 7. The van der Waals surface area contributed by atoms with Crippen molar-refractivity contribution < 1.29 is 50.4 Å². The van der Waals surface area contributed by atoms with E-state index in [1.54, 1.807) is 12.1 Å². The quantitative estimate of drug-likeness (QED) is 0.141. The molecule has 0 saturated heterocycles. The molecule has 0 bridgehead atoms. The Labute approximate surface area is 820 Å². The lowest BCUT2D eigenvalue weighted by Crippen LogP contribution is -2.31. The maximum atomic E-state index is 8.56. The first-order valence-electron chi connectivity index (χ1n) is 49.9. The molecule has 0 N–H and O–H groups in total. The Bertz CT molecular complexity index is 10000. The normalized spacial score (nSPS) is 12.7. The molecule has 15 heterocycles. The Morgan fingerprint density at radius 2 is 0.560 bits per heavy atom. The average Bonchev–Trinajstić information content (AvgIpc) is 1.64. The molecule has 684 valence electrons. The van der Waals surface area contributed by atoms with Crippen LogP contribution in [0.4, 0.5) is 0 Å². The van der Waals surface area contributed by atoms with Crippen molar-refractivity contribution in [3.63, 3.8) is 0 Å². The van der Waals surface area contributed by atoms with Crippen LogP contribution in [0, 0.1) is 48.5 Å². The summed E-state index contributed by atoms with van der Waals surface area (Å²) in [6, 6.07) is 98.1. The van der Waals surface area contributed by atoms with E-state index < -0.39 is 12.7 Å². The second kappa shape index (κ2) is 35.2. The van der Waals surface area contributed by atoms with Crippen LogP contribution in [0.2, 0.25) is 0 Å². The Morgan fingerprint density at radius 1 is 0.248 bits per heavy atom. The van der Waals surface area contributed by atoms with Crippen LogP contribution in [0.3, 0.4) is 0 Å². The topological polar surface area (TPSA) is 150 Å². The lowest BCUT2D eigenvalue weighted by atomic mass is 9.94. The van der Waals surface area contributed by atoms with Gasteiger partial charge in [-0.3, -0.25) is 15.0 Å². The molecule has 0 amide bonds. The molecule has 0 aliphatic rings. The predicted molar refractivity (Wildman–Crippen MR) is 575 cm³/mol. The summed E-state index contributed by atoms with van der Waals surface area (Å²) in [5.74, 6) is -1.24. The molecule has 1 atom stereocenters. The van der Waals surface area contributed by atoms with Crippen molar-refractivity contribution in [1.82, 2.24) is 24.9 Å². The maximum Gasteiger partial charge on any atom is 0.224 e. The van der Waals surface area contributed by atoms with Crippen molar-refractivity contribution in [1.29, 1.82) is 0 Å². The summed E-state index contributed by atoms with van der Waals surface area (Å²) in [7, 11) is 10.2.